The molecule has 86 valence electrons. The van der Waals surface area contributed by atoms with Gasteiger partial charge in [0.15, 0.2) is 11.4 Å². The maximum Gasteiger partial charge on any atom is 0.183 e. The van der Waals surface area contributed by atoms with Gasteiger partial charge in [0.05, 0.1) is 11.6 Å². The molecule has 4 nitrogen and oxygen atoms in total. The van der Waals surface area contributed by atoms with Crippen molar-refractivity contribution < 1.29 is 4.74 Å². The quantitative estimate of drug-likeness (QED) is 0.766. The molecule has 2 rings (SSSR count). The number of hydrogen-bond donors (Lipinski definition) is 0. The van der Waals surface area contributed by atoms with E-state index in [1.165, 1.54) is 0 Å². The van der Waals surface area contributed by atoms with Crippen LogP contribution in [0.3, 0.4) is 0 Å². The Morgan fingerprint density at radius 1 is 1.47 bits per heavy atom. The van der Waals surface area contributed by atoms with Gasteiger partial charge in [0, 0.05) is 11.6 Å². The molecule has 0 N–H and O–H groups in total. The van der Waals surface area contributed by atoms with Crippen molar-refractivity contribution in [3.05, 3.63) is 29.2 Å². The smallest absolute Gasteiger partial charge is 0.183 e. The summed E-state index contributed by atoms with van der Waals surface area (Å²) in [6.07, 6.45) is 1.53. The number of nitrogens with zero attached hydrogens (tertiary/aromatic N) is 3. The Morgan fingerprint density at radius 2 is 2.24 bits per heavy atom. The molecule has 0 aliphatic heterocycles. The minimum atomic E-state index is -0.0307. The molecule has 0 bridgehead atoms. The predicted octanol–water partition coefficient (Wildman–Crippen LogP) is 2.94. The zero-order chi connectivity index (χ0) is 12.4. The Morgan fingerprint density at radius 3 is 2.88 bits per heavy atom. The van der Waals surface area contributed by atoms with Crippen molar-refractivity contribution in [3.8, 4) is 11.8 Å². The van der Waals surface area contributed by atoms with Crippen molar-refractivity contribution in [2.75, 3.05) is 0 Å². The van der Waals surface area contributed by atoms with Crippen LogP contribution in [-0.4, -0.2) is 16.1 Å². The standard InChI is InChI=1S/C12H10ClN3O/c1-7(2)17-11-5-8-9(16-10(11)6-14)3-4-15-12(8)13/h3-5,7H,1-2H3. The molecule has 17 heavy (non-hydrogen) atoms. The molecule has 0 aliphatic carbocycles. The molecule has 0 saturated heterocycles. The Hall–Kier alpha value is -1.86. The normalized spacial score (nSPS) is 10.5. The minimum Gasteiger partial charge on any atom is -0.488 e. The van der Waals surface area contributed by atoms with Gasteiger partial charge in [0.2, 0.25) is 0 Å². The van der Waals surface area contributed by atoms with Crippen molar-refractivity contribution in [1.29, 1.82) is 5.26 Å². The highest BCUT2D eigenvalue weighted by Crippen LogP contribution is 2.27. The Balaban J connectivity index is 2.67. The summed E-state index contributed by atoms with van der Waals surface area (Å²) in [5.74, 6) is 0.435. The number of ether oxygens (including phenoxy) is 1. The molecule has 0 radical (unpaired) electrons. The molecule has 0 atom stereocenters. The van der Waals surface area contributed by atoms with Crippen LogP contribution in [0.15, 0.2) is 18.3 Å². The lowest BCUT2D eigenvalue weighted by atomic mass is 10.2. The van der Waals surface area contributed by atoms with Crippen molar-refractivity contribution >= 4 is 22.5 Å². The first kappa shape index (κ1) is 11.6. The predicted molar refractivity (Wildman–Crippen MR) is 65.0 cm³/mol. The van der Waals surface area contributed by atoms with Gasteiger partial charge in [-0.25, -0.2) is 9.97 Å². The Labute approximate surface area is 104 Å². The molecule has 0 saturated carbocycles. The van der Waals surface area contributed by atoms with Crippen molar-refractivity contribution in [2.24, 2.45) is 0 Å². The van der Waals surface area contributed by atoms with Gasteiger partial charge in [-0.2, -0.15) is 5.26 Å². The lowest BCUT2D eigenvalue weighted by Gasteiger charge is -2.11. The van der Waals surface area contributed by atoms with Gasteiger partial charge in [-0.15, -0.1) is 0 Å². The fraction of sp³-hybridized carbons (Fsp3) is 0.250. The van der Waals surface area contributed by atoms with Crippen LogP contribution in [0.5, 0.6) is 5.75 Å². The van der Waals surface area contributed by atoms with E-state index in [0.29, 0.717) is 21.8 Å². The van der Waals surface area contributed by atoms with E-state index in [9.17, 15) is 0 Å². The van der Waals surface area contributed by atoms with E-state index in [-0.39, 0.29) is 11.8 Å². The van der Waals surface area contributed by atoms with Gasteiger partial charge in [-0.3, -0.25) is 0 Å². The van der Waals surface area contributed by atoms with Crippen LogP contribution in [-0.2, 0) is 0 Å². The molecule has 0 aromatic carbocycles. The summed E-state index contributed by atoms with van der Waals surface area (Å²) >= 11 is 5.97. The third-order valence-corrected chi connectivity index (χ3v) is 2.43. The third-order valence-electron chi connectivity index (χ3n) is 2.13. The SMILES string of the molecule is CC(C)Oc1cc2c(Cl)nccc2nc1C#N. The van der Waals surface area contributed by atoms with Crippen LogP contribution in [0.4, 0.5) is 0 Å². The first-order chi connectivity index (χ1) is 8.11. The lowest BCUT2D eigenvalue weighted by Crippen LogP contribution is -2.07. The fourth-order valence-corrected chi connectivity index (χ4v) is 1.68. The summed E-state index contributed by atoms with van der Waals surface area (Å²) in [5, 5.41) is 10.1. The van der Waals surface area contributed by atoms with E-state index in [1.54, 1.807) is 18.3 Å². The zero-order valence-electron chi connectivity index (χ0n) is 9.44. The first-order valence-electron chi connectivity index (χ1n) is 5.14. The second-order valence-corrected chi connectivity index (χ2v) is 4.14. The topological polar surface area (TPSA) is 58.8 Å². The largest absolute Gasteiger partial charge is 0.488 e. The maximum absolute atomic E-state index is 9.02. The van der Waals surface area contributed by atoms with Crippen LogP contribution in [0.2, 0.25) is 5.15 Å². The molecule has 2 aromatic heterocycles. The molecular formula is C12H10ClN3O. The molecule has 2 aromatic rings. The van der Waals surface area contributed by atoms with Gasteiger partial charge < -0.3 is 4.74 Å². The molecule has 5 heteroatoms. The molecule has 2 heterocycles. The average Bonchev–Trinajstić information content (AvgIpc) is 2.29. The van der Waals surface area contributed by atoms with E-state index in [0.717, 1.165) is 0 Å². The molecule has 0 amide bonds. The summed E-state index contributed by atoms with van der Waals surface area (Å²) < 4.78 is 5.53. The lowest BCUT2D eigenvalue weighted by molar-refractivity contribution is 0.241. The van der Waals surface area contributed by atoms with Crippen LogP contribution in [0, 0.1) is 11.3 Å². The van der Waals surface area contributed by atoms with Gasteiger partial charge in [-0.1, -0.05) is 11.6 Å². The molecule has 0 aliphatic rings. The highest BCUT2D eigenvalue weighted by Gasteiger charge is 2.11. The number of aromatic nitrogens is 2. The van der Waals surface area contributed by atoms with Gasteiger partial charge in [-0.05, 0) is 26.0 Å². The number of pyridine rings is 2. The monoisotopic (exact) mass is 247 g/mol. The van der Waals surface area contributed by atoms with Crippen molar-refractivity contribution in [2.45, 2.75) is 20.0 Å². The highest BCUT2D eigenvalue weighted by molar-refractivity contribution is 6.34. The van der Waals surface area contributed by atoms with Crippen LogP contribution >= 0.6 is 11.6 Å². The highest BCUT2D eigenvalue weighted by atomic mass is 35.5. The number of fused-ring (bicyclic) bond motifs is 1. The molecule has 0 fully saturated rings. The Bertz CT molecular complexity index is 604. The van der Waals surface area contributed by atoms with Crippen LogP contribution < -0.4 is 4.74 Å². The summed E-state index contributed by atoms with van der Waals surface area (Å²) in [7, 11) is 0. The third kappa shape index (κ3) is 2.29. The second-order valence-electron chi connectivity index (χ2n) is 3.78. The van der Waals surface area contributed by atoms with Crippen molar-refractivity contribution in [3.63, 3.8) is 0 Å². The van der Waals surface area contributed by atoms with Crippen LogP contribution in [0.1, 0.15) is 19.5 Å². The number of hydrogen-bond acceptors (Lipinski definition) is 4. The van der Waals surface area contributed by atoms with Gasteiger partial charge in [0.25, 0.3) is 0 Å². The molecule has 0 spiro atoms. The van der Waals surface area contributed by atoms with Crippen molar-refractivity contribution in [1.82, 2.24) is 9.97 Å². The molecule has 0 unspecified atom stereocenters. The minimum absolute atomic E-state index is 0.0307. The van der Waals surface area contributed by atoms with E-state index >= 15 is 0 Å². The van der Waals surface area contributed by atoms with Gasteiger partial charge >= 0.3 is 0 Å². The second kappa shape index (κ2) is 4.56. The van der Waals surface area contributed by atoms with E-state index < -0.39 is 0 Å². The van der Waals surface area contributed by atoms with E-state index in [1.807, 2.05) is 19.9 Å². The summed E-state index contributed by atoms with van der Waals surface area (Å²) in [4.78, 5) is 8.17. The maximum atomic E-state index is 9.02. The number of halogens is 1. The fourth-order valence-electron chi connectivity index (χ4n) is 1.47. The summed E-state index contributed by atoms with van der Waals surface area (Å²) in [6, 6.07) is 5.43. The zero-order valence-corrected chi connectivity index (χ0v) is 10.2. The summed E-state index contributed by atoms with van der Waals surface area (Å²) in [6.45, 7) is 3.77. The van der Waals surface area contributed by atoms with E-state index in [2.05, 4.69) is 9.97 Å². The number of rotatable bonds is 2. The Kier molecular flexibility index (Phi) is 3.12. The van der Waals surface area contributed by atoms with Gasteiger partial charge in [0.1, 0.15) is 11.2 Å². The number of nitriles is 1. The van der Waals surface area contributed by atoms with Crippen LogP contribution in [0.25, 0.3) is 10.9 Å². The first-order valence-corrected chi connectivity index (χ1v) is 5.51. The average molecular weight is 248 g/mol. The summed E-state index contributed by atoms with van der Waals surface area (Å²) in [5.41, 5.74) is 0.895. The van der Waals surface area contributed by atoms with E-state index in [4.69, 9.17) is 21.6 Å². The molecular weight excluding hydrogens is 238 g/mol.